The Morgan fingerprint density at radius 3 is 2.65 bits per heavy atom. The summed E-state index contributed by atoms with van der Waals surface area (Å²) in [5.74, 6) is 0.124. The van der Waals surface area contributed by atoms with Crippen molar-refractivity contribution in [1.82, 2.24) is 9.88 Å². The second-order valence-electron chi connectivity index (χ2n) is 5.45. The van der Waals surface area contributed by atoms with Crippen molar-refractivity contribution in [2.45, 2.75) is 19.4 Å². The number of rotatable bonds is 5. The number of thiazole rings is 1. The Hall–Kier alpha value is -1.91. The Morgan fingerprint density at radius 1 is 1.17 bits per heavy atom. The molecule has 0 saturated carbocycles. The van der Waals surface area contributed by atoms with E-state index in [-0.39, 0.29) is 5.91 Å². The molecule has 0 spiro atoms. The van der Waals surface area contributed by atoms with Crippen LogP contribution in [0.2, 0.25) is 5.02 Å². The summed E-state index contributed by atoms with van der Waals surface area (Å²) in [6.07, 6.45) is 1.21. The second kappa shape index (κ2) is 7.11. The first-order chi connectivity index (χ1) is 11.1. The first kappa shape index (κ1) is 16.0. The van der Waals surface area contributed by atoms with Gasteiger partial charge in [0.1, 0.15) is 5.01 Å². The summed E-state index contributed by atoms with van der Waals surface area (Å²) in [5, 5.41) is 1.68. The summed E-state index contributed by atoms with van der Waals surface area (Å²) >= 11 is 7.51. The highest BCUT2D eigenvalue weighted by Gasteiger charge is 2.12. The van der Waals surface area contributed by atoms with Gasteiger partial charge in [0.25, 0.3) is 0 Å². The van der Waals surface area contributed by atoms with E-state index in [2.05, 4.69) is 11.1 Å². The van der Waals surface area contributed by atoms with Gasteiger partial charge in [-0.2, -0.15) is 0 Å². The summed E-state index contributed by atoms with van der Waals surface area (Å²) in [5.41, 5.74) is 2.12. The van der Waals surface area contributed by atoms with E-state index in [0.717, 1.165) is 27.2 Å². The molecular formula is C18H17ClN2OS. The molecule has 118 valence electrons. The molecule has 0 aliphatic carbocycles. The van der Waals surface area contributed by atoms with Crippen LogP contribution in [0.1, 0.15) is 17.0 Å². The van der Waals surface area contributed by atoms with E-state index in [4.69, 9.17) is 11.6 Å². The predicted octanol–water partition coefficient (Wildman–Crippen LogP) is 4.54. The number of nitrogens with zero attached hydrogens (tertiary/aromatic N) is 2. The van der Waals surface area contributed by atoms with E-state index < -0.39 is 0 Å². The lowest BCUT2D eigenvalue weighted by molar-refractivity contribution is -0.130. The molecule has 1 heterocycles. The molecule has 0 atom stereocenters. The minimum absolute atomic E-state index is 0.124. The zero-order chi connectivity index (χ0) is 16.2. The van der Waals surface area contributed by atoms with Gasteiger partial charge in [0.2, 0.25) is 5.91 Å². The number of amides is 1. The van der Waals surface area contributed by atoms with Crippen LogP contribution in [0.3, 0.4) is 0 Å². The zero-order valence-electron chi connectivity index (χ0n) is 12.8. The van der Waals surface area contributed by atoms with Crippen molar-refractivity contribution >= 4 is 39.1 Å². The van der Waals surface area contributed by atoms with Gasteiger partial charge in [-0.15, -0.1) is 11.3 Å². The number of para-hydroxylation sites is 1. The molecule has 2 aromatic carbocycles. The third kappa shape index (κ3) is 4.09. The molecule has 1 amide bonds. The summed E-state index contributed by atoms with van der Waals surface area (Å²) in [7, 11) is 1.83. The summed E-state index contributed by atoms with van der Waals surface area (Å²) in [6.45, 7) is 0.554. The van der Waals surface area contributed by atoms with Crippen LogP contribution in [-0.4, -0.2) is 22.8 Å². The molecule has 1 aromatic heterocycles. The van der Waals surface area contributed by atoms with Crippen LogP contribution in [0.4, 0.5) is 0 Å². The van der Waals surface area contributed by atoms with Crippen molar-refractivity contribution in [2.24, 2.45) is 0 Å². The summed E-state index contributed by atoms with van der Waals surface area (Å²) in [6, 6.07) is 15.7. The number of aryl methyl sites for hydroxylation is 1. The third-order valence-corrected chi connectivity index (χ3v) is 4.95. The van der Waals surface area contributed by atoms with Crippen LogP contribution in [0.25, 0.3) is 10.2 Å². The molecule has 0 unspecified atom stereocenters. The van der Waals surface area contributed by atoms with Crippen LogP contribution >= 0.6 is 22.9 Å². The molecule has 23 heavy (non-hydrogen) atoms. The maximum absolute atomic E-state index is 12.3. The molecule has 5 heteroatoms. The third-order valence-electron chi connectivity index (χ3n) is 3.68. The standard InChI is InChI=1S/C18H17ClN2OS/c1-21(12-17-20-15-4-2-3-5-16(15)23-17)18(22)11-8-13-6-9-14(19)10-7-13/h2-7,9-10H,8,11-12H2,1H3. The Balaban J connectivity index is 1.57. The lowest BCUT2D eigenvalue weighted by atomic mass is 10.1. The maximum atomic E-state index is 12.3. The highest BCUT2D eigenvalue weighted by molar-refractivity contribution is 7.18. The number of benzene rings is 2. The SMILES string of the molecule is CN(Cc1nc2ccccc2s1)C(=O)CCc1ccc(Cl)cc1. The van der Waals surface area contributed by atoms with Crippen LogP contribution in [0.15, 0.2) is 48.5 Å². The van der Waals surface area contributed by atoms with Crippen LogP contribution in [0, 0.1) is 0 Å². The predicted molar refractivity (Wildman–Crippen MR) is 95.9 cm³/mol. The molecule has 0 saturated heterocycles. The minimum Gasteiger partial charge on any atom is -0.339 e. The Kier molecular flexibility index (Phi) is 4.94. The van der Waals surface area contributed by atoms with Gasteiger partial charge < -0.3 is 4.90 Å². The molecular weight excluding hydrogens is 328 g/mol. The molecule has 0 fully saturated rings. The number of fused-ring (bicyclic) bond motifs is 1. The topological polar surface area (TPSA) is 33.2 Å². The van der Waals surface area contributed by atoms with E-state index in [0.29, 0.717) is 18.0 Å². The highest BCUT2D eigenvalue weighted by atomic mass is 35.5. The number of hydrogen-bond donors (Lipinski definition) is 0. The zero-order valence-corrected chi connectivity index (χ0v) is 14.4. The maximum Gasteiger partial charge on any atom is 0.223 e. The van der Waals surface area contributed by atoms with Gasteiger partial charge in [-0.3, -0.25) is 4.79 Å². The average Bonchev–Trinajstić information content (AvgIpc) is 2.96. The first-order valence-electron chi connectivity index (χ1n) is 7.44. The van der Waals surface area contributed by atoms with Crippen molar-refractivity contribution in [3.8, 4) is 0 Å². The Bertz CT molecular complexity index is 780. The lowest BCUT2D eigenvalue weighted by Crippen LogP contribution is -2.26. The average molecular weight is 345 g/mol. The van der Waals surface area contributed by atoms with Crippen molar-refractivity contribution in [3.63, 3.8) is 0 Å². The second-order valence-corrected chi connectivity index (χ2v) is 7.00. The number of halogens is 1. The van der Waals surface area contributed by atoms with E-state index in [1.807, 2.05) is 49.5 Å². The molecule has 0 aliphatic rings. The van der Waals surface area contributed by atoms with Gasteiger partial charge in [-0.25, -0.2) is 4.98 Å². The fourth-order valence-corrected chi connectivity index (χ4v) is 3.52. The molecule has 0 aliphatic heterocycles. The first-order valence-corrected chi connectivity index (χ1v) is 8.64. The van der Waals surface area contributed by atoms with E-state index >= 15 is 0 Å². The molecule has 0 N–H and O–H groups in total. The van der Waals surface area contributed by atoms with Gasteiger partial charge in [0, 0.05) is 18.5 Å². The smallest absolute Gasteiger partial charge is 0.223 e. The number of aromatic nitrogens is 1. The van der Waals surface area contributed by atoms with Crippen LogP contribution in [0.5, 0.6) is 0 Å². The number of carbonyl (C=O) groups excluding carboxylic acids is 1. The van der Waals surface area contributed by atoms with E-state index in [1.165, 1.54) is 0 Å². The van der Waals surface area contributed by atoms with Crippen LogP contribution in [-0.2, 0) is 17.8 Å². The van der Waals surface area contributed by atoms with Crippen molar-refractivity contribution in [2.75, 3.05) is 7.05 Å². The number of hydrogen-bond acceptors (Lipinski definition) is 3. The van der Waals surface area contributed by atoms with Gasteiger partial charge in [0.15, 0.2) is 0 Å². The fraction of sp³-hybridized carbons (Fsp3) is 0.222. The molecule has 3 nitrogen and oxygen atoms in total. The molecule has 0 bridgehead atoms. The largest absolute Gasteiger partial charge is 0.339 e. The molecule has 3 aromatic rings. The van der Waals surface area contributed by atoms with Gasteiger partial charge in [0.05, 0.1) is 16.8 Å². The lowest BCUT2D eigenvalue weighted by Gasteiger charge is -2.15. The monoisotopic (exact) mass is 344 g/mol. The number of carbonyl (C=O) groups is 1. The molecule has 3 rings (SSSR count). The van der Waals surface area contributed by atoms with Gasteiger partial charge >= 0.3 is 0 Å². The minimum atomic E-state index is 0.124. The summed E-state index contributed by atoms with van der Waals surface area (Å²) < 4.78 is 1.16. The fourth-order valence-electron chi connectivity index (χ4n) is 2.37. The normalized spacial score (nSPS) is 10.9. The van der Waals surface area contributed by atoms with Crippen molar-refractivity contribution < 1.29 is 4.79 Å². The highest BCUT2D eigenvalue weighted by Crippen LogP contribution is 2.22. The van der Waals surface area contributed by atoms with Gasteiger partial charge in [-0.1, -0.05) is 35.9 Å². The summed E-state index contributed by atoms with van der Waals surface area (Å²) in [4.78, 5) is 18.6. The van der Waals surface area contributed by atoms with Crippen molar-refractivity contribution in [1.29, 1.82) is 0 Å². The van der Waals surface area contributed by atoms with Gasteiger partial charge in [-0.05, 0) is 36.2 Å². The Labute approximate surface area is 144 Å². The van der Waals surface area contributed by atoms with E-state index in [1.54, 1.807) is 16.2 Å². The van der Waals surface area contributed by atoms with Crippen molar-refractivity contribution in [3.05, 3.63) is 64.1 Å². The Morgan fingerprint density at radius 2 is 1.91 bits per heavy atom. The van der Waals surface area contributed by atoms with E-state index in [9.17, 15) is 4.79 Å². The molecule has 0 radical (unpaired) electrons. The van der Waals surface area contributed by atoms with Crippen LogP contribution < -0.4 is 0 Å². The quantitative estimate of drug-likeness (QED) is 0.680.